The molecule has 5 rings (SSSR count). The minimum atomic E-state index is -4.58. The van der Waals surface area contributed by atoms with Crippen molar-refractivity contribution in [2.75, 3.05) is 18.0 Å². The molecule has 0 saturated heterocycles. The monoisotopic (exact) mass is 465 g/mol. The molecule has 3 aromatic carbocycles. The summed E-state index contributed by atoms with van der Waals surface area (Å²) >= 11 is 0. The van der Waals surface area contributed by atoms with Gasteiger partial charge in [-0.15, -0.1) is 0 Å². The highest BCUT2D eigenvalue weighted by Crippen LogP contribution is 2.44. The van der Waals surface area contributed by atoms with Crippen LogP contribution in [0.5, 0.6) is 0 Å². The lowest BCUT2D eigenvalue weighted by Crippen LogP contribution is -2.34. The van der Waals surface area contributed by atoms with Crippen molar-refractivity contribution >= 4 is 17.3 Å². The van der Waals surface area contributed by atoms with Crippen molar-refractivity contribution in [2.45, 2.75) is 12.2 Å². The van der Waals surface area contributed by atoms with E-state index in [4.69, 9.17) is 4.99 Å². The highest BCUT2D eigenvalue weighted by molar-refractivity contribution is 6.23. The standard InChI is InChI=1S/C26H19F4N3O/c27-19-10-4-8-17(14-19)24-21-22(16-6-2-1-3-7-16)31-12-13-32-23(21)25(34)33(24)20-11-5-9-18(15-20)26(28,29)30/h1-11,14-15,24,32H,12-13H2. The molecule has 1 N–H and O–H groups in total. The number of aliphatic imine (C=N–C) groups is 1. The van der Waals surface area contributed by atoms with Gasteiger partial charge in [0.15, 0.2) is 0 Å². The maximum Gasteiger partial charge on any atom is 0.416 e. The number of carbonyl (C=O) groups excluding carboxylic acids is 1. The largest absolute Gasteiger partial charge is 0.416 e. The molecule has 8 heteroatoms. The molecule has 0 aliphatic carbocycles. The molecule has 172 valence electrons. The lowest BCUT2D eigenvalue weighted by Gasteiger charge is -2.29. The summed E-state index contributed by atoms with van der Waals surface area (Å²) in [7, 11) is 0. The van der Waals surface area contributed by atoms with Gasteiger partial charge in [0.05, 0.1) is 23.9 Å². The summed E-state index contributed by atoms with van der Waals surface area (Å²) in [6, 6.07) is 18.7. The van der Waals surface area contributed by atoms with Crippen LogP contribution in [0.4, 0.5) is 23.2 Å². The predicted octanol–water partition coefficient (Wildman–Crippen LogP) is 5.28. The van der Waals surface area contributed by atoms with Gasteiger partial charge >= 0.3 is 6.18 Å². The van der Waals surface area contributed by atoms with Crippen LogP contribution >= 0.6 is 0 Å². The average molecular weight is 465 g/mol. The Hall–Kier alpha value is -3.94. The van der Waals surface area contributed by atoms with E-state index < -0.39 is 29.5 Å². The summed E-state index contributed by atoms with van der Waals surface area (Å²) in [6.45, 7) is 0.789. The number of carbonyl (C=O) groups is 1. The van der Waals surface area contributed by atoms with E-state index in [1.54, 1.807) is 6.07 Å². The molecule has 0 fully saturated rings. The van der Waals surface area contributed by atoms with Crippen LogP contribution in [0.15, 0.2) is 95.1 Å². The maximum atomic E-state index is 14.3. The number of benzene rings is 3. The molecule has 3 aromatic rings. The summed E-state index contributed by atoms with van der Waals surface area (Å²) in [5.74, 6) is -1.00. The molecule has 1 unspecified atom stereocenters. The second kappa shape index (κ2) is 8.44. The van der Waals surface area contributed by atoms with E-state index in [0.717, 1.165) is 17.7 Å². The number of alkyl halides is 3. The van der Waals surface area contributed by atoms with Gasteiger partial charge in [-0.25, -0.2) is 4.39 Å². The summed E-state index contributed by atoms with van der Waals surface area (Å²) < 4.78 is 54.7. The molecule has 1 amide bonds. The number of amides is 1. The summed E-state index contributed by atoms with van der Waals surface area (Å²) in [5, 5.41) is 3.11. The zero-order valence-corrected chi connectivity index (χ0v) is 17.8. The van der Waals surface area contributed by atoms with Crippen LogP contribution in [-0.4, -0.2) is 24.7 Å². The summed E-state index contributed by atoms with van der Waals surface area (Å²) in [5.41, 5.74) is 1.71. The Kier molecular flexibility index (Phi) is 5.43. The molecule has 0 spiro atoms. The molecule has 0 saturated carbocycles. The fourth-order valence-corrected chi connectivity index (χ4v) is 4.40. The van der Waals surface area contributed by atoms with Crippen LogP contribution in [0.1, 0.15) is 22.7 Å². The molecule has 2 aliphatic heterocycles. The Morgan fingerprint density at radius 2 is 1.71 bits per heavy atom. The molecule has 2 aliphatic rings. The van der Waals surface area contributed by atoms with Gasteiger partial charge < -0.3 is 5.32 Å². The van der Waals surface area contributed by atoms with E-state index in [-0.39, 0.29) is 11.4 Å². The third-order valence-electron chi connectivity index (χ3n) is 5.84. The fraction of sp³-hybridized carbons (Fsp3) is 0.154. The van der Waals surface area contributed by atoms with Crippen molar-refractivity contribution in [2.24, 2.45) is 4.99 Å². The first-order valence-corrected chi connectivity index (χ1v) is 10.7. The smallest absolute Gasteiger partial charge is 0.378 e. The number of anilines is 1. The SMILES string of the molecule is O=C1C2=C(C(c3ccccc3)=NCCN2)C(c2cccc(F)c2)N1c1cccc(C(F)(F)F)c1. The van der Waals surface area contributed by atoms with E-state index in [9.17, 15) is 22.4 Å². The van der Waals surface area contributed by atoms with Gasteiger partial charge in [0.2, 0.25) is 0 Å². The quantitative estimate of drug-likeness (QED) is 0.535. The van der Waals surface area contributed by atoms with Crippen molar-refractivity contribution < 1.29 is 22.4 Å². The van der Waals surface area contributed by atoms with Crippen molar-refractivity contribution in [3.8, 4) is 0 Å². The molecule has 4 nitrogen and oxygen atoms in total. The first kappa shape index (κ1) is 21.9. The molecular formula is C26H19F4N3O. The van der Waals surface area contributed by atoms with Crippen LogP contribution in [-0.2, 0) is 11.0 Å². The maximum absolute atomic E-state index is 14.3. The lowest BCUT2D eigenvalue weighted by molar-refractivity contribution is -0.137. The lowest BCUT2D eigenvalue weighted by atomic mass is 9.91. The van der Waals surface area contributed by atoms with Crippen molar-refractivity contribution in [3.63, 3.8) is 0 Å². The Balaban J connectivity index is 1.73. The first-order valence-electron chi connectivity index (χ1n) is 10.7. The molecule has 0 bridgehead atoms. The molecule has 0 radical (unpaired) electrons. The second-order valence-electron chi connectivity index (χ2n) is 7.99. The van der Waals surface area contributed by atoms with Crippen molar-refractivity contribution in [1.29, 1.82) is 0 Å². The Bertz CT molecular complexity index is 1310. The number of hydrogen-bond acceptors (Lipinski definition) is 3. The van der Waals surface area contributed by atoms with Crippen LogP contribution < -0.4 is 10.2 Å². The van der Waals surface area contributed by atoms with Gasteiger partial charge in [-0.1, -0.05) is 48.5 Å². The summed E-state index contributed by atoms with van der Waals surface area (Å²) in [6.07, 6.45) is -4.58. The number of nitrogens with one attached hydrogen (secondary N) is 1. The van der Waals surface area contributed by atoms with Gasteiger partial charge in [0.25, 0.3) is 5.91 Å². The number of rotatable bonds is 3. The highest BCUT2D eigenvalue weighted by atomic mass is 19.4. The van der Waals surface area contributed by atoms with Crippen molar-refractivity contribution in [3.05, 3.63) is 113 Å². The van der Waals surface area contributed by atoms with E-state index in [1.165, 1.54) is 35.2 Å². The number of halogens is 4. The fourth-order valence-electron chi connectivity index (χ4n) is 4.40. The Morgan fingerprint density at radius 1 is 0.941 bits per heavy atom. The zero-order chi connectivity index (χ0) is 23.9. The molecule has 1 atom stereocenters. The Morgan fingerprint density at radius 3 is 2.44 bits per heavy atom. The Labute approximate surface area is 193 Å². The van der Waals surface area contributed by atoms with Gasteiger partial charge in [-0.2, -0.15) is 13.2 Å². The van der Waals surface area contributed by atoms with Crippen LogP contribution in [0.2, 0.25) is 0 Å². The van der Waals surface area contributed by atoms with Crippen LogP contribution in [0, 0.1) is 5.82 Å². The summed E-state index contributed by atoms with van der Waals surface area (Å²) in [4.78, 5) is 19.7. The average Bonchev–Trinajstić information content (AvgIpc) is 2.96. The van der Waals surface area contributed by atoms with E-state index >= 15 is 0 Å². The molecule has 2 heterocycles. The van der Waals surface area contributed by atoms with Gasteiger partial charge in [0, 0.05) is 23.4 Å². The van der Waals surface area contributed by atoms with Gasteiger partial charge in [-0.3, -0.25) is 14.7 Å². The van der Waals surface area contributed by atoms with Crippen LogP contribution in [0.3, 0.4) is 0 Å². The third kappa shape index (κ3) is 3.85. The first-order chi connectivity index (χ1) is 16.3. The number of hydrogen-bond donors (Lipinski definition) is 1. The van der Waals surface area contributed by atoms with Crippen molar-refractivity contribution in [1.82, 2.24) is 5.32 Å². The molecule has 0 aromatic heterocycles. The zero-order valence-electron chi connectivity index (χ0n) is 17.8. The second-order valence-corrected chi connectivity index (χ2v) is 7.99. The van der Waals surface area contributed by atoms with Gasteiger partial charge in [-0.05, 0) is 35.9 Å². The van der Waals surface area contributed by atoms with Crippen LogP contribution in [0.25, 0.3) is 0 Å². The van der Waals surface area contributed by atoms with E-state index in [0.29, 0.717) is 29.9 Å². The predicted molar refractivity (Wildman–Crippen MR) is 121 cm³/mol. The molecule has 34 heavy (non-hydrogen) atoms. The van der Waals surface area contributed by atoms with E-state index in [1.807, 2.05) is 30.3 Å². The number of nitrogens with zero attached hydrogens (tertiary/aromatic N) is 2. The highest BCUT2D eigenvalue weighted by Gasteiger charge is 2.44. The minimum Gasteiger partial charge on any atom is -0.378 e. The van der Waals surface area contributed by atoms with Gasteiger partial charge in [0.1, 0.15) is 11.5 Å². The normalized spacial score (nSPS) is 18.4. The molecular weight excluding hydrogens is 446 g/mol. The van der Waals surface area contributed by atoms with E-state index in [2.05, 4.69) is 5.32 Å². The minimum absolute atomic E-state index is 0.0661. The third-order valence-corrected chi connectivity index (χ3v) is 5.84. The topological polar surface area (TPSA) is 44.7 Å².